The average Bonchev–Trinajstić information content (AvgIpc) is 2.44. The molecule has 14 heavy (non-hydrogen) atoms. The monoisotopic (exact) mass is 230 g/mol. The SMILES string of the molecule is C=C(C)CC(NN)c1scc(C)c1Cl. The highest BCUT2D eigenvalue weighted by molar-refractivity contribution is 7.10. The van der Waals surface area contributed by atoms with Crippen molar-refractivity contribution in [2.45, 2.75) is 26.3 Å². The zero-order valence-corrected chi connectivity index (χ0v) is 10.0. The summed E-state index contributed by atoms with van der Waals surface area (Å²) in [5, 5.41) is 2.86. The van der Waals surface area contributed by atoms with Gasteiger partial charge in [0.05, 0.1) is 11.1 Å². The quantitative estimate of drug-likeness (QED) is 0.474. The Morgan fingerprint density at radius 1 is 1.79 bits per heavy atom. The van der Waals surface area contributed by atoms with Crippen LogP contribution in [0.3, 0.4) is 0 Å². The molecule has 1 atom stereocenters. The number of thiophene rings is 1. The number of halogens is 1. The van der Waals surface area contributed by atoms with Crippen LogP contribution in [0.25, 0.3) is 0 Å². The van der Waals surface area contributed by atoms with E-state index in [0.717, 1.165) is 27.5 Å². The largest absolute Gasteiger partial charge is 0.271 e. The predicted molar refractivity (Wildman–Crippen MR) is 63.6 cm³/mol. The zero-order valence-electron chi connectivity index (χ0n) is 8.43. The van der Waals surface area contributed by atoms with Crippen molar-refractivity contribution in [3.63, 3.8) is 0 Å². The molecule has 0 radical (unpaired) electrons. The molecule has 2 nitrogen and oxygen atoms in total. The van der Waals surface area contributed by atoms with Gasteiger partial charge in [0, 0.05) is 4.88 Å². The fourth-order valence-corrected chi connectivity index (χ4v) is 2.65. The lowest BCUT2D eigenvalue weighted by Gasteiger charge is -2.14. The Balaban J connectivity index is 2.89. The third-order valence-electron chi connectivity index (χ3n) is 2.00. The van der Waals surface area contributed by atoms with Gasteiger partial charge in [-0.15, -0.1) is 17.9 Å². The van der Waals surface area contributed by atoms with Crippen molar-refractivity contribution >= 4 is 22.9 Å². The summed E-state index contributed by atoms with van der Waals surface area (Å²) >= 11 is 7.79. The molecule has 0 aliphatic carbocycles. The molecule has 1 aromatic rings. The van der Waals surface area contributed by atoms with Crippen molar-refractivity contribution in [1.82, 2.24) is 5.43 Å². The van der Waals surface area contributed by atoms with E-state index in [1.807, 2.05) is 19.2 Å². The van der Waals surface area contributed by atoms with Gasteiger partial charge in [0.25, 0.3) is 0 Å². The van der Waals surface area contributed by atoms with Gasteiger partial charge in [0.1, 0.15) is 0 Å². The predicted octanol–water partition coefficient (Wildman–Crippen LogP) is 3.18. The Morgan fingerprint density at radius 3 is 2.79 bits per heavy atom. The van der Waals surface area contributed by atoms with Gasteiger partial charge in [-0.25, -0.2) is 0 Å². The molecule has 78 valence electrons. The highest BCUT2D eigenvalue weighted by Gasteiger charge is 2.16. The third kappa shape index (κ3) is 2.58. The van der Waals surface area contributed by atoms with Gasteiger partial charge in [-0.1, -0.05) is 17.2 Å². The van der Waals surface area contributed by atoms with Gasteiger partial charge in [0.2, 0.25) is 0 Å². The molecule has 3 N–H and O–H groups in total. The number of hydrogen-bond donors (Lipinski definition) is 2. The van der Waals surface area contributed by atoms with Gasteiger partial charge in [-0.3, -0.25) is 11.3 Å². The molecule has 0 aliphatic rings. The molecule has 0 aromatic carbocycles. The fourth-order valence-electron chi connectivity index (χ4n) is 1.26. The molecule has 0 aliphatic heterocycles. The molecule has 4 heteroatoms. The minimum absolute atomic E-state index is 0.0821. The van der Waals surface area contributed by atoms with Crippen LogP contribution in [-0.4, -0.2) is 0 Å². The maximum absolute atomic E-state index is 6.15. The summed E-state index contributed by atoms with van der Waals surface area (Å²) in [4.78, 5) is 1.09. The second-order valence-corrected chi connectivity index (χ2v) is 4.77. The molecule has 1 aromatic heterocycles. The number of hydrogen-bond acceptors (Lipinski definition) is 3. The minimum atomic E-state index is 0.0821. The molecule has 0 fully saturated rings. The lowest BCUT2D eigenvalue weighted by molar-refractivity contribution is 0.559. The Labute approximate surface area is 93.7 Å². The topological polar surface area (TPSA) is 38.0 Å². The molecule has 0 amide bonds. The third-order valence-corrected chi connectivity index (χ3v) is 3.82. The summed E-state index contributed by atoms with van der Waals surface area (Å²) in [6.45, 7) is 7.85. The summed E-state index contributed by atoms with van der Waals surface area (Å²) in [5.74, 6) is 5.49. The first-order valence-corrected chi connectivity index (χ1v) is 5.66. The minimum Gasteiger partial charge on any atom is -0.271 e. The Morgan fingerprint density at radius 2 is 2.43 bits per heavy atom. The summed E-state index contributed by atoms with van der Waals surface area (Å²) in [6, 6.07) is 0.0821. The van der Waals surface area contributed by atoms with Crippen LogP contribution in [-0.2, 0) is 0 Å². The summed E-state index contributed by atoms with van der Waals surface area (Å²) in [5.41, 5.74) is 4.97. The van der Waals surface area contributed by atoms with E-state index in [9.17, 15) is 0 Å². The van der Waals surface area contributed by atoms with Crippen molar-refractivity contribution in [1.29, 1.82) is 0 Å². The van der Waals surface area contributed by atoms with Crippen LogP contribution in [0.2, 0.25) is 5.02 Å². The van der Waals surface area contributed by atoms with Crippen LogP contribution < -0.4 is 11.3 Å². The maximum Gasteiger partial charge on any atom is 0.0605 e. The van der Waals surface area contributed by atoms with Crippen LogP contribution in [0.1, 0.15) is 29.8 Å². The first-order valence-electron chi connectivity index (χ1n) is 4.40. The van der Waals surface area contributed by atoms with Crippen molar-refractivity contribution < 1.29 is 0 Å². The van der Waals surface area contributed by atoms with Crippen LogP contribution in [0.4, 0.5) is 0 Å². The number of hydrazine groups is 1. The lowest BCUT2D eigenvalue weighted by atomic mass is 10.1. The van der Waals surface area contributed by atoms with E-state index in [1.54, 1.807) is 11.3 Å². The Kier molecular flexibility index (Phi) is 4.13. The van der Waals surface area contributed by atoms with E-state index < -0.39 is 0 Å². The molecule has 0 spiro atoms. The summed E-state index contributed by atoms with van der Waals surface area (Å²) < 4.78 is 0. The van der Waals surface area contributed by atoms with Crippen molar-refractivity contribution in [3.8, 4) is 0 Å². The van der Waals surface area contributed by atoms with Crippen molar-refractivity contribution in [2.24, 2.45) is 5.84 Å². The van der Waals surface area contributed by atoms with Gasteiger partial charge in [0.15, 0.2) is 0 Å². The highest BCUT2D eigenvalue weighted by Crippen LogP contribution is 2.34. The molecule has 1 unspecified atom stereocenters. The summed E-state index contributed by atoms with van der Waals surface area (Å²) in [7, 11) is 0. The number of nitrogens with one attached hydrogen (secondary N) is 1. The van der Waals surface area contributed by atoms with E-state index in [1.165, 1.54) is 0 Å². The van der Waals surface area contributed by atoms with E-state index >= 15 is 0 Å². The van der Waals surface area contributed by atoms with Crippen molar-refractivity contribution in [3.05, 3.63) is 33.0 Å². The molecule has 0 saturated heterocycles. The molecular weight excluding hydrogens is 216 g/mol. The Hall–Kier alpha value is -0.350. The molecule has 0 saturated carbocycles. The van der Waals surface area contributed by atoms with Crippen LogP contribution in [0, 0.1) is 6.92 Å². The number of aryl methyl sites for hydroxylation is 1. The van der Waals surface area contributed by atoms with E-state index in [4.69, 9.17) is 17.4 Å². The van der Waals surface area contributed by atoms with Gasteiger partial charge >= 0.3 is 0 Å². The number of nitrogens with two attached hydrogens (primary N) is 1. The van der Waals surface area contributed by atoms with Gasteiger partial charge in [-0.2, -0.15) is 0 Å². The van der Waals surface area contributed by atoms with Gasteiger partial charge in [-0.05, 0) is 31.2 Å². The van der Waals surface area contributed by atoms with Crippen molar-refractivity contribution in [2.75, 3.05) is 0 Å². The van der Waals surface area contributed by atoms with E-state index in [-0.39, 0.29) is 6.04 Å². The molecule has 0 bridgehead atoms. The van der Waals surface area contributed by atoms with Gasteiger partial charge < -0.3 is 0 Å². The second-order valence-electron chi connectivity index (χ2n) is 3.48. The number of rotatable bonds is 4. The first kappa shape index (κ1) is 11.7. The van der Waals surface area contributed by atoms with E-state index in [0.29, 0.717) is 0 Å². The van der Waals surface area contributed by atoms with Crippen LogP contribution >= 0.6 is 22.9 Å². The summed E-state index contributed by atoms with van der Waals surface area (Å²) in [6.07, 6.45) is 0.816. The van der Waals surface area contributed by atoms with E-state index in [2.05, 4.69) is 12.0 Å². The smallest absolute Gasteiger partial charge is 0.0605 e. The molecular formula is C10H15ClN2S. The van der Waals surface area contributed by atoms with Crippen LogP contribution in [0.5, 0.6) is 0 Å². The highest BCUT2D eigenvalue weighted by atomic mass is 35.5. The maximum atomic E-state index is 6.15. The second kappa shape index (κ2) is 4.94. The Bertz CT molecular complexity index is 333. The fraction of sp³-hybridized carbons (Fsp3) is 0.400. The lowest BCUT2D eigenvalue weighted by Crippen LogP contribution is -2.27. The first-order chi connectivity index (χ1) is 6.56. The van der Waals surface area contributed by atoms with Crippen LogP contribution in [0.15, 0.2) is 17.5 Å². The normalized spacial score (nSPS) is 12.9. The molecule has 1 heterocycles. The zero-order chi connectivity index (χ0) is 10.7. The standard InChI is InChI=1S/C10H15ClN2S/c1-6(2)4-8(13-12)10-9(11)7(3)5-14-10/h5,8,13H,1,4,12H2,2-3H3. The molecule has 1 rings (SSSR count). The average molecular weight is 231 g/mol.